The molecule has 3 rings (SSSR count). The van der Waals surface area contributed by atoms with E-state index in [0.717, 1.165) is 11.1 Å². The molecule has 3 aromatic rings. The molecule has 0 saturated carbocycles. The van der Waals surface area contributed by atoms with E-state index in [1.54, 1.807) is 51.7 Å². The van der Waals surface area contributed by atoms with Crippen molar-refractivity contribution in [2.75, 3.05) is 28.4 Å². The van der Waals surface area contributed by atoms with Gasteiger partial charge in [0, 0.05) is 12.1 Å². The fraction of sp³-hybridized carbons (Fsp3) is 0.200. The Morgan fingerprint density at radius 3 is 2.09 bits per heavy atom. The first-order valence-electron chi connectivity index (χ1n) is 8.94. The molecule has 0 amide bonds. The molecule has 0 atom stereocenters. The highest BCUT2D eigenvalue weighted by atomic mass is 31.2. The first kappa shape index (κ1) is 24.9. The van der Waals surface area contributed by atoms with E-state index in [0.29, 0.717) is 34.2 Å². The topological polar surface area (TPSA) is 160 Å². The van der Waals surface area contributed by atoms with Crippen molar-refractivity contribution in [1.29, 1.82) is 0 Å². The molecule has 11 nitrogen and oxygen atoms in total. The van der Waals surface area contributed by atoms with Crippen LogP contribution in [-0.4, -0.2) is 59.1 Å². The number of phosphoric acid groups is 1. The number of H-pyrrole nitrogens is 1. The molecule has 0 unspecified atom stereocenters. The maximum absolute atomic E-state index is 11.9. The van der Waals surface area contributed by atoms with Gasteiger partial charge in [-0.15, -0.1) is 0 Å². The lowest BCUT2D eigenvalue weighted by Crippen LogP contribution is -2.01. The fourth-order valence-corrected chi connectivity index (χ4v) is 2.76. The van der Waals surface area contributed by atoms with Crippen LogP contribution in [0.4, 0.5) is 0 Å². The van der Waals surface area contributed by atoms with Crippen LogP contribution in [0.5, 0.6) is 17.2 Å². The largest absolute Gasteiger partial charge is 0.496 e. The maximum Gasteiger partial charge on any atom is 0.466 e. The van der Waals surface area contributed by atoms with Gasteiger partial charge in [-0.05, 0) is 24.3 Å². The minimum Gasteiger partial charge on any atom is -0.496 e. The molecule has 0 aliphatic carbocycles. The zero-order valence-electron chi connectivity index (χ0n) is 17.7. The Morgan fingerprint density at radius 2 is 1.59 bits per heavy atom. The molecular formula is C20H23N2O9P. The quantitative estimate of drug-likeness (QED) is 0.314. The van der Waals surface area contributed by atoms with Crippen LogP contribution in [0, 0.1) is 0 Å². The lowest BCUT2D eigenvalue weighted by Gasteiger charge is -2.12. The van der Waals surface area contributed by atoms with Gasteiger partial charge in [0.15, 0.2) is 0 Å². The van der Waals surface area contributed by atoms with Crippen molar-refractivity contribution < 1.29 is 43.0 Å². The van der Waals surface area contributed by atoms with Crippen molar-refractivity contribution in [3.05, 3.63) is 47.3 Å². The molecule has 0 aliphatic heterocycles. The Labute approximate surface area is 183 Å². The summed E-state index contributed by atoms with van der Waals surface area (Å²) in [5, 5.41) is 0. The van der Waals surface area contributed by atoms with E-state index < -0.39 is 13.8 Å². The van der Waals surface area contributed by atoms with Crippen LogP contribution < -0.4 is 14.2 Å². The van der Waals surface area contributed by atoms with Gasteiger partial charge < -0.3 is 38.6 Å². The highest BCUT2D eigenvalue weighted by Gasteiger charge is 2.14. The van der Waals surface area contributed by atoms with E-state index >= 15 is 0 Å². The number of fused-ring (bicyclic) bond motifs is 1. The van der Waals surface area contributed by atoms with Gasteiger partial charge in [-0.25, -0.2) is 14.3 Å². The summed E-state index contributed by atoms with van der Waals surface area (Å²) in [6.07, 6.45) is 3.61. The lowest BCUT2D eigenvalue weighted by molar-refractivity contribution is 0.0602. The normalized spacial score (nSPS) is 11.1. The standard InChI is InChI=1S/C20H20N2O5.H3O4P/c1-24-12-10-16(25-2)13(17(11-12)26-3)8-9-18-21-15-7-5-6-14(19(15)22-18)20(23)27-4;1-5(2,3)4/h5-11H,1-4H3,(H,21,22);(H3,1,2,3,4)/b9-8+;. The van der Waals surface area contributed by atoms with Crippen LogP contribution in [0.3, 0.4) is 0 Å². The summed E-state index contributed by atoms with van der Waals surface area (Å²) in [5.41, 5.74) is 2.45. The van der Waals surface area contributed by atoms with E-state index in [9.17, 15) is 4.79 Å². The molecule has 4 N–H and O–H groups in total. The summed E-state index contributed by atoms with van der Waals surface area (Å²) >= 11 is 0. The molecular weight excluding hydrogens is 443 g/mol. The van der Waals surface area contributed by atoms with Crippen molar-refractivity contribution in [2.45, 2.75) is 0 Å². The molecule has 1 heterocycles. The third kappa shape index (κ3) is 6.56. The van der Waals surface area contributed by atoms with Crippen molar-refractivity contribution in [1.82, 2.24) is 9.97 Å². The van der Waals surface area contributed by atoms with E-state index in [-0.39, 0.29) is 0 Å². The molecule has 32 heavy (non-hydrogen) atoms. The van der Waals surface area contributed by atoms with E-state index in [2.05, 4.69) is 9.97 Å². The maximum atomic E-state index is 11.9. The van der Waals surface area contributed by atoms with Gasteiger partial charge >= 0.3 is 13.8 Å². The van der Waals surface area contributed by atoms with Crippen LogP contribution in [0.1, 0.15) is 21.7 Å². The Hall–Kier alpha value is -3.37. The number of aromatic amines is 1. The van der Waals surface area contributed by atoms with E-state index in [1.165, 1.54) is 7.11 Å². The van der Waals surface area contributed by atoms with Crippen LogP contribution in [0.2, 0.25) is 0 Å². The van der Waals surface area contributed by atoms with Crippen LogP contribution in [0.25, 0.3) is 23.2 Å². The van der Waals surface area contributed by atoms with Gasteiger partial charge in [-0.3, -0.25) is 0 Å². The smallest absolute Gasteiger partial charge is 0.466 e. The van der Waals surface area contributed by atoms with Crippen LogP contribution in [0.15, 0.2) is 30.3 Å². The molecule has 0 radical (unpaired) electrons. The van der Waals surface area contributed by atoms with Gasteiger partial charge in [0.05, 0.1) is 45.1 Å². The molecule has 0 spiro atoms. The number of carbonyl (C=O) groups excluding carboxylic acids is 1. The number of nitrogens with zero attached hydrogens (tertiary/aromatic N) is 1. The Kier molecular flexibility index (Phi) is 8.39. The Bertz CT molecular complexity index is 1130. The van der Waals surface area contributed by atoms with Crippen molar-refractivity contribution in [2.24, 2.45) is 0 Å². The monoisotopic (exact) mass is 466 g/mol. The van der Waals surface area contributed by atoms with Gasteiger partial charge in [-0.2, -0.15) is 0 Å². The number of hydrogen-bond donors (Lipinski definition) is 4. The number of ether oxygens (including phenoxy) is 4. The number of nitrogens with one attached hydrogen (secondary N) is 1. The number of aromatic nitrogens is 2. The zero-order valence-corrected chi connectivity index (χ0v) is 18.6. The summed E-state index contributed by atoms with van der Waals surface area (Å²) in [5.74, 6) is 2.00. The average Bonchev–Trinajstić information content (AvgIpc) is 3.18. The number of imidazole rings is 1. The number of hydrogen-bond acceptors (Lipinski definition) is 7. The predicted molar refractivity (Wildman–Crippen MR) is 117 cm³/mol. The lowest BCUT2D eigenvalue weighted by atomic mass is 10.1. The summed E-state index contributed by atoms with van der Waals surface area (Å²) in [7, 11) is 1.44. The third-order valence-corrected chi connectivity index (χ3v) is 4.10. The van der Waals surface area contributed by atoms with Gasteiger partial charge in [0.1, 0.15) is 28.6 Å². The first-order chi connectivity index (χ1) is 15.1. The number of rotatable bonds is 6. The molecule has 172 valence electrons. The minimum atomic E-state index is -4.64. The summed E-state index contributed by atoms with van der Waals surface area (Å²) in [6, 6.07) is 8.85. The molecule has 0 saturated heterocycles. The summed E-state index contributed by atoms with van der Waals surface area (Å²) in [4.78, 5) is 41.1. The zero-order chi connectivity index (χ0) is 23.9. The second-order valence-electron chi connectivity index (χ2n) is 6.11. The predicted octanol–water partition coefficient (Wildman–Crippen LogP) is 2.62. The Morgan fingerprint density at radius 1 is 1.00 bits per heavy atom. The van der Waals surface area contributed by atoms with Crippen molar-refractivity contribution >= 4 is 37.0 Å². The summed E-state index contributed by atoms with van der Waals surface area (Å²) < 4.78 is 29.8. The molecule has 2 aromatic carbocycles. The highest BCUT2D eigenvalue weighted by molar-refractivity contribution is 7.45. The van der Waals surface area contributed by atoms with Crippen molar-refractivity contribution in [3.8, 4) is 17.2 Å². The highest BCUT2D eigenvalue weighted by Crippen LogP contribution is 2.35. The molecule has 12 heteroatoms. The first-order valence-corrected chi connectivity index (χ1v) is 10.5. The Balaban J connectivity index is 0.000000654. The van der Waals surface area contributed by atoms with E-state index in [4.69, 9.17) is 38.2 Å². The van der Waals surface area contributed by atoms with E-state index in [1.807, 2.05) is 12.1 Å². The molecule has 0 fully saturated rings. The number of methoxy groups -OCH3 is 4. The number of carbonyl (C=O) groups is 1. The average molecular weight is 466 g/mol. The van der Waals surface area contributed by atoms with Crippen molar-refractivity contribution in [3.63, 3.8) is 0 Å². The molecule has 0 bridgehead atoms. The van der Waals surface area contributed by atoms with Crippen LogP contribution >= 0.6 is 7.82 Å². The fourth-order valence-electron chi connectivity index (χ4n) is 2.76. The summed E-state index contributed by atoms with van der Waals surface area (Å²) in [6.45, 7) is 0. The number of benzene rings is 2. The molecule has 0 aliphatic rings. The number of para-hydroxylation sites is 1. The SMILES string of the molecule is COC(=O)c1cccc2[nH]c(/C=C/c3c(OC)cc(OC)cc3OC)nc12.O=P(O)(O)O. The van der Waals surface area contributed by atoms with Gasteiger partial charge in [0.2, 0.25) is 0 Å². The second kappa shape index (κ2) is 10.8. The third-order valence-electron chi connectivity index (χ3n) is 4.10. The van der Waals surface area contributed by atoms with Gasteiger partial charge in [-0.1, -0.05) is 6.07 Å². The second-order valence-corrected chi connectivity index (χ2v) is 7.13. The minimum absolute atomic E-state index is 0.408. The van der Waals surface area contributed by atoms with Crippen LogP contribution in [-0.2, 0) is 9.30 Å². The number of esters is 1. The molecule has 1 aromatic heterocycles. The van der Waals surface area contributed by atoms with Gasteiger partial charge in [0.25, 0.3) is 0 Å².